The average molecular weight is 401 g/mol. The molecule has 148 valence electrons. The first-order valence-electron chi connectivity index (χ1n) is 8.99. The Morgan fingerprint density at radius 3 is 2.46 bits per heavy atom. The molecule has 1 heterocycles. The van der Waals surface area contributed by atoms with Gasteiger partial charge in [-0.3, -0.25) is 13.9 Å². The minimum atomic E-state index is -3.62. The number of sulfonamides is 1. The summed E-state index contributed by atoms with van der Waals surface area (Å²) < 4.78 is 25.4. The highest BCUT2D eigenvalue weighted by molar-refractivity contribution is 7.92. The van der Waals surface area contributed by atoms with E-state index in [9.17, 15) is 18.0 Å². The van der Waals surface area contributed by atoms with Gasteiger partial charge in [0, 0.05) is 24.3 Å². The summed E-state index contributed by atoms with van der Waals surface area (Å²) in [5, 5.41) is 2.71. The number of anilines is 3. The third-order valence-corrected chi connectivity index (χ3v) is 5.65. The summed E-state index contributed by atoms with van der Waals surface area (Å²) in [7, 11) is -3.62. The molecule has 0 atom stereocenters. The second-order valence-corrected chi connectivity index (χ2v) is 8.76. The first-order chi connectivity index (χ1) is 13.2. The third-order valence-electron chi connectivity index (χ3n) is 4.51. The van der Waals surface area contributed by atoms with Crippen molar-refractivity contribution in [1.82, 2.24) is 0 Å². The summed E-state index contributed by atoms with van der Waals surface area (Å²) in [6, 6.07) is 13.9. The lowest BCUT2D eigenvalue weighted by atomic mass is 10.2. The molecule has 0 unspecified atom stereocenters. The van der Waals surface area contributed by atoms with Crippen LogP contribution < -0.4 is 14.5 Å². The van der Waals surface area contributed by atoms with Crippen molar-refractivity contribution < 1.29 is 18.0 Å². The van der Waals surface area contributed by atoms with Crippen LogP contribution in [0.5, 0.6) is 0 Å². The summed E-state index contributed by atoms with van der Waals surface area (Å²) in [6.07, 6.45) is 2.47. The fourth-order valence-electron chi connectivity index (χ4n) is 3.16. The van der Waals surface area contributed by atoms with E-state index in [0.29, 0.717) is 24.3 Å². The summed E-state index contributed by atoms with van der Waals surface area (Å²) in [4.78, 5) is 26.0. The monoisotopic (exact) mass is 401 g/mol. The van der Waals surface area contributed by atoms with Crippen LogP contribution in [0.1, 0.15) is 18.4 Å². The van der Waals surface area contributed by atoms with Gasteiger partial charge in [0.1, 0.15) is 6.54 Å². The van der Waals surface area contributed by atoms with E-state index >= 15 is 0 Å². The van der Waals surface area contributed by atoms with Crippen molar-refractivity contribution in [2.45, 2.75) is 19.8 Å². The number of benzene rings is 2. The summed E-state index contributed by atoms with van der Waals surface area (Å²) in [5.74, 6) is -0.351. The highest BCUT2D eigenvalue weighted by Gasteiger charge is 2.22. The minimum absolute atomic E-state index is 0.0961. The Bertz CT molecular complexity index is 987. The lowest BCUT2D eigenvalue weighted by molar-refractivity contribution is -0.117. The van der Waals surface area contributed by atoms with Gasteiger partial charge in [0.2, 0.25) is 21.8 Å². The van der Waals surface area contributed by atoms with E-state index in [-0.39, 0.29) is 12.5 Å². The number of nitrogens with one attached hydrogen (secondary N) is 1. The molecule has 0 spiro atoms. The van der Waals surface area contributed by atoms with E-state index in [4.69, 9.17) is 0 Å². The molecule has 2 aromatic carbocycles. The molecule has 0 aliphatic carbocycles. The predicted octanol–water partition coefficient (Wildman–Crippen LogP) is 2.53. The first kappa shape index (κ1) is 19.9. The molecule has 0 radical (unpaired) electrons. The number of carbonyl (C=O) groups excluding carboxylic acids is 2. The van der Waals surface area contributed by atoms with Crippen LogP contribution in [0, 0.1) is 6.92 Å². The smallest absolute Gasteiger partial charge is 0.245 e. The Morgan fingerprint density at radius 1 is 1.18 bits per heavy atom. The number of hydrogen-bond acceptors (Lipinski definition) is 4. The molecule has 1 aliphatic heterocycles. The summed E-state index contributed by atoms with van der Waals surface area (Å²) >= 11 is 0. The van der Waals surface area contributed by atoms with Crippen LogP contribution in [0.4, 0.5) is 17.1 Å². The van der Waals surface area contributed by atoms with Gasteiger partial charge in [-0.2, -0.15) is 0 Å². The molecule has 0 saturated carbocycles. The van der Waals surface area contributed by atoms with Crippen molar-refractivity contribution in [3.05, 3.63) is 54.1 Å². The van der Waals surface area contributed by atoms with Gasteiger partial charge in [-0.05, 0) is 55.3 Å². The lowest BCUT2D eigenvalue weighted by Gasteiger charge is -2.22. The first-order valence-corrected chi connectivity index (χ1v) is 10.8. The molecule has 1 saturated heterocycles. The second-order valence-electron chi connectivity index (χ2n) is 6.85. The van der Waals surface area contributed by atoms with Crippen molar-refractivity contribution in [1.29, 1.82) is 0 Å². The topological polar surface area (TPSA) is 86.8 Å². The van der Waals surface area contributed by atoms with Crippen molar-refractivity contribution in [3.8, 4) is 0 Å². The van der Waals surface area contributed by atoms with E-state index in [2.05, 4.69) is 5.32 Å². The van der Waals surface area contributed by atoms with Crippen molar-refractivity contribution in [3.63, 3.8) is 0 Å². The lowest BCUT2D eigenvalue weighted by Crippen LogP contribution is -2.37. The Balaban J connectivity index is 1.70. The zero-order chi connectivity index (χ0) is 20.3. The Morgan fingerprint density at radius 2 is 1.89 bits per heavy atom. The largest absolute Gasteiger partial charge is 0.325 e. The SMILES string of the molecule is Cc1cccc(N(CC(=O)Nc2ccc(N3CCCC3=O)cc2)S(C)(=O)=O)c1. The number of aryl methyl sites for hydroxylation is 1. The van der Waals surface area contributed by atoms with E-state index in [1.54, 1.807) is 47.4 Å². The molecule has 7 nitrogen and oxygen atoms in total. The average Bonchev–Trinajstić information content (AvgIpc) is 3.05. The molecule has 28 heavy (non-hydrogen) atoms. The fraction of sp³-hybridized carbons (Fsp3) is 0.300. The van der Waals surface area contributed by atoms with Crippen LogP contribution in [-0.4, -0.2) is 39.6 Å². The van der Waals surface area contributed by atoms with Crippen molar-refractivity contribution >= 4 is 38.9 Å². The Kier molecular flexibility index (Phi) is 5.69. The highest BCUT2D eigenvalue weighted by atomic mass is 32.2. The van der Waals surface area contributed by atoms with Crippen LogP contribution in [0.3, 0.4) is 0 Å². The highest BCUT2D eigenvalue weighted by Crippen LogP contribution is 2.23. The van der Waals surface area contributed by atoms with E-state index in [1.165, 1.54) is 0 Å². The van der Waals surface area contributed by atoms with Crippen molar-refractivity contribution in [2.75, 3.05) is 33.9 Å². The number of hydrogen-bond donors (Lipinski definition) is 1. The third kappa shape index (κ3) is 4.69. The van der Waals surface area contributed by atoms with Gasteiger partial charge in [0.15, 0.2) is 0 Å². The number of carbonyl (C=O) groups is 2. The molecular formula is C20H23N3O4S. The molecule has 0 bridgehead atoms. The summed E-state index contributed by atoms with van der Waals surface area (Å²) in [6.45, 7) is 2.23. The maximum Gasteiger partial charge on any atom is 0.245 e. The molecule has 1 fully saturated rings. The molecule has 0 aromatic heterocycles. The van der Waals surface area contributed by atoms with Crippen LogP contribution >= 0.6 is 0 Å². The van der Waals surface area contributed by atoms with Gasteiger partial charge in [-0.15, -0.1) is 0 Å². The quantitative estimate of drug-likeness (QED) is 0.806. The zero-order valence-corrected chi connectivity index (χ0v) is 16.7. The minimum Gasteiger partial charge on any atom is -0.325 e. The van der Waals surface area contributed by atoms with Gasteiger partial charge in [-0.25, -0.2) is 8.42 Å². The van der Waals surface area contributed by atoms with E-state index < -0.39 is 15.9 Å². The van der Waals surface area contributed by atoms with Crippen LogP contribution in [0.15, 0.2) is 48.5 Å². The van der Waals surface area contributed by atoms with Crippen molar-refractivity contribution in [2.24, 2.45) is 0 Å². The van der Waals surface area contributed by atoms with E-state index in [1.807, 2.05) is 13.0 Å². The van der Waals surface area contributed by atoms with Crippen LogP contribution in [-0.2, 0) is 19.6 Å². The van der Waals surface area contributed by atoms with Gasteiger partial charge in [0.05, 0.1) is 11.9 Å². The van der Waals surface area contributed by atoms with Gasteiger partial charge < -0.3 is 10.2 Å². The normalized spacial score (nSPS) is 14.2. The fourth-order valence-corrected chi connectivity index (χ4v) is 4.01. The molecule has 2 amide bonds. The molecular weight excluding hydrogens is 378 g/mol. The van der Waals surface area contributed by atoms with Gasteiger partial charge in [0.25, 0.3) is 0 Å². The van der Waals surface area contributed by atoms with E-state index in [0.717, 1.165) is 28.2 Å². The number of rotatable bonds is 6. The molecule has 1 N–H and O–H groups in total. The standard InChI is InChI=1S/C20H23N3O4S/c1-15-5-3-6-18(13-15)23(28(2,26)27)14-19(24)21-16-8-10-17(11-9-16)22-12-4-7-20(22)25/h3,5-6,8-11,13H,4,7,12,14H2,1-2H3,(H,21,24). The second kappa shape index (κ2) is 8.02. The molecule has 8 heteroatoms. The number of nitrogens with zero attached hydrogens (tertiary/aromatic N) is 2. The summed E-state index contributed by atoms with van der Waals surface area (Å²) in [5.41, 5.74) is 2.68. The van der Waals surface area contributed by atoms with Gasteiger partial charge >= 0.3 is 0 Å². The predicted molar refractivity (Wildman–Crippen MR) is 110 cm³/mol. The maximum absolute atomic E-state index is 12.4. The molecule has 2 aromatic rings. The van der Waals surface area contributed by atoms with Crippen LogP contribution in [0.2, 0.25) is 0 Å². The molecule has 3 rings (SSSR count). The maximum atomic E-state index is 12.4. The van der Waals surface area contributed by atoms with Gasteiger partial charge in [-0.1, -0.05) is 12.1 Å². The number of amides is 2. The molecule has 1 aliphatic rings. The Labute approximate surface area is 165 Å². The Hall–Kier alpha value is -2.87. The van der Waals surface area contributed by atoms with Crippen LogP contribution in [0.25, 0.3) is 0 Å². The zero-order valence-electron chi connectivity index (χ0n) is 15.9.